The molecule has 3 unspecified atom stereocenters. The molecule has 1 aromatic carbocycles. The first-order chi connectivity index (χ1) is 10.5. The van der Waals surface area contributed by atoms with Crippen molar-refractivity contribution in [1.82, 2.24) is 5.43 Å². The topological polar surface area (TPSA) is 84.6 Å². The Morgan fingerprint density at radius 2 is 2.23 bits per heavy atom. The molecule has 1 aromatic rings. The molecule has 0 heterocycles. The van der Waals surface area contributed by atoms with Crippen molar-refractivity contribution >= 4 is 17.8 Å². The van der Waals surface area contributed by atoms with Crippen LogP contribution in [0.5, 0.6) is 0 Å². The van der Waals surface area contributed by atoms with Crippen LogP contribution in [0.4, 0.5) is 5.69 Å². The average molecular weight is 299 g/mol. The van der Waals surface area contributed by atoms with Crippen LogP contribution in [0.1, 0.15) is 28.8 Å². The number of hydrogen-bond acceptors (Lipinski definition) is 4. The van der Waals surface area contributed by atoms with Crippen molar-refractivity contribution in [2.45, 2.75) is 19.8 Å². The Morgan fingerprint density at radius 3 is 2.82 bits per heavy atom. The molecule has 2 bridgehead atoms. The fourth-order valence-corrected chi connectivity index (χ4v) is 3.25. The molecule has 0 aliphatic heterocycles. The van der Waals surface area contributed by atoms with Gasteiger partial charge < -0.3 is 0 Å². The van der Waals surface area contributed by atoms with E-state index in [0.29, 0.717) is 28.9 Å². The summed E-state index contributed by atoms with van der Waals surface area (Å²) in [5.41, 5.74) is 3.33. The number of carbonyl (C=O) groups is 1. The van der Waals surface area contributed by atoms with Crippen LogP contribution in [0, 0.1) is 34.8 Å². The molecule has 1 fully saturated rings. The second kappa shape index (κ2) is 5.71. The van der Waals surface area contributed by atoms with Crippen molar-refractivity contribution < 1.29 is 9.72 Å². The minimum absolute atomic E-state index is 0.00817. The monoisotopic (exact) mass is 299 g/mol. The summed E-state index contributed by atoms with van der Waals surface area (Å²) >= 11 is 0. The Balaban J connectivity index is 1.61. The van der Waals surface area contributed by atoms with Gasteiger partial charge in [-0.3, -0.25) is 14.9 Å². The smallest absolute Gasteiger partial charge is 0.267 e. The van der Waals surface area contributed by atoms with Gasteiger partial charge >= 0.3 is 0 Å². The predicted octanol–water partition coefficient (Wildman–Crippen LogP) is 2.83. The molecule has 6 nitrogen and oxygen atoms in total. The fraction of sp³-hybridized carbons (Fsp3) is 0.375. The molecular weight excluding hydrogens is 282 g/mol. The SMILES string of the molecule is Cc1cc(C(=O)N/N=C/C2CC3C=CC2C3)ccc1[N+](=O)[O-]. The number of nitrogens with one attached hydrogen (secondary N) is 1. The third-order valence-corrected chi connectivity index (χ3v) is 4.42. The maximum absolute atomic E-state index is 12.0. The number of allylic oxidation sites excluding steroid dienone is 2. The number of nitrogens with zero attached hydrogens (tertiary/aromatic N) is 2. The van der Waals surface area contributed by atoms with Gasteiger partial charge in [-0.05, 0) is 43.7 Å². The number of carbonyl (C=O) groups excluding carboxylic acids is 1. The van der Waals surface area contributed by atoms with Crippen molar-refractivity contribution in [2.75, 3.05) is 0 Å². The second-order valence-electron chi connectivity index (χ2n) is 5.92. The largest absolute Gasteiger partial charge is 0.272 e. The average Bonchev–Trinajstić information content (AvgIpc) is 3.09. The third kappa shape index (κ3) is 2.77. The van der Waals surface area contributed by atoms with E-state index < -0.39 is 4.92 Å². The number of hydrogen-bond donors (Lipinski definition) is 1. The second-order valence-corrected chi connectivity index (χ2v) is 5.92. The van der Waals surface area contributed by atoms with Gasteiger partial charge in [0.1, 0.15) is 0 Å². The van der Waals surface area contributed by atoms with E-state index >= 15 is 0 Å². The zero-order chi connectivity index (χ0) is 15.7. The number of fused-ring (bicyclic) bond motifs is 2. The Hall–Kier alpha value is -2.50. The lowest BCUT2D eigenvalue weighted by molar-refractivity contribution is -0.385. The van der Waals surface area contributed by atoms with Gasteiger partial charge in [0.25, 0.3) is 11.6 Å². The van der Waals surface area contributed by atoms with Crippen LogP contribution < -0.4 is 5.43 Å². The molecule has 114 valence electrons. The highest BCUT2D eigenvalue weighted by atomic mass is 16.6. The lowest BCUT2D eigenvalue weighted by Gasteiger charge is -2.11. The summed E-state index contributed by atoms with van der Waals surface area (Å²) in [5.74, 6) is 1.25. The minimum atomic E-state index is -0.460. The molecular formula is C16H17N3O3. The number of benzene rings is 1. The molecule has 0 spiro atoms. The molecule has 1 amide bonds. The molecule has 22 heavy (non-hydrogen) atoms. The highest BCUT2D eigenvalue weighted by molar-refractivity contribution is 5.94. The molecule has 1 N–H and O–H groups in total. The Kier molecular flexibility index (Phi) is 3.75. The van der Waals surface area contributed by atoms with Crippen LogP contribution >= 0.6 is 0 Å². The van der Waals surface area contributed by atoms with Gasteiger partial charge in [-0.15, -0.1) is 0 Å². The first-order valence-electron chi connectivity index (χ1n) is 7.31. The van der Waals surface area contributed by atoms with Crippen LogP contribution in [0.15, 0.2) is 35.5 Å². The summed E-state index contributed by atoms with van der Waals surface area (Å²) in [6, 6.07) is 4.29. The zero-order valence-electron chi connectivity index (χ0n) is 12.2. The van der Waals surface area contributed by atoms with Crippen molar-refractivity contribution in [2.24, 2.45) is 22.9 Å². The maximum atomic E-state index is 12.0. The first kappa shape index (κ1) is 14.4. The van der Waals surface area contributed by atoms with Crippen LogP contribution in [0.25, 0.3) is 0 Å². The van der Waals surface area contributed by atoms with E-state index in [2.05, 4.69) is 22.7 Å². The molecule has 6 heteroatoms. The van der Waals surface area contributed by atoms with Gasteiger partial charge in [0.15, 0.2) is 0 Å². The van der Waals surface area contributed by atoms with Crippen molar-refractivity contribution in [3.05, 3.63) is 51.6 Å². The molecule has 3 atom stereocenters. The van der Waals surface area contributed by atoms with E-state index in [1.807, 2.05) is 6.21 Å². The van der Waals surface area contributed by atoms with Crippen LogP contribution in [0.3, 0.4) is 0 Å². The lowest BCUT2D eigenvalue weighted by atomic mass is 9.95. The maximum Gasteiger partial charge on any atom is 0.272 e. The van der Waals surface area contributed by atoms with E-state index in [-0.39, 0.29) is 11.6 Å². The molecule has 2 aliphatic carbocycles. The molecule has 2 aliphatic rings. The number of nitro groups is 1. The highest BCUT2D eigenvalue weighted by Gasteiger charge is 2.34. The Bertz CT molecular complexity index is 681. The Morgan fingerprint density at radius 1 is 1.41 bits per heavy atom. The molecule has 0 radical (unpaired) electrons. The summed E-state index contributed by atoms with van der Waals surface area (Å²) in [4.78, 5) is 22.3. The summed E-state index contributed by atoms with van der Waals surface area (Å²) in [7, 11) is 0. The molecule has 0 aromatic heterocycles. The summed E-state index contributed by atoms with van der Waals surface area (Å²) in [6.45, 7) is 1.61. The molecule has 3 rings (SSSR count). The number of rotatable bonds is 4. The van der Waals surface area contributed by atoms with E-state index in [1.54, 1.807) is 6.92 Å². The van der Waals surface area contributed by atoms with Gasteiger partial charge in [0.05, 0.1) is 4.92 Å². The Labute approximate surface area is 128 Å². The standard InChI is InChI=1S/C16H17N3O3/c1-10-6-13(4-5-15(10)19(21)22)16(20)18-17-9-14-8-11-2-3-12(14)7-11/h2-6,9,11-12,14H,7-8H2,1H3,(H,18,20)/b17-9+. The number of hydrazone groups is 1. The van der Waals surface area contributed by atoms with E-state index in [4.69, 9.17) is 0 Å². The minimum Gasteiger partial charge on any atom is -0.267 e. The summed E-state index contributed by atoms with van der Waals surface area (Å²) in [5, 5.41) is 14.8. The first-order valence-corrected chi connectivity index (χ1v) is 7.31. The normalized spacial score (nSPS) is 25.8. The lowest BCUT2D eigenvalue weighted by Crippen LogP contribution is -2.19. The van der Waals surface area contributed by atoms with Gasteiger partial charge in [-0.1, -0.05) is 12.2 Å². The highest BCUT2D eigenvalue weighted by Crippen LogP contribution is 2.42. The van der Waals surface area contributed by atoms with E-state index in [1.165, 1.54) is 24.6 Å². The van der Waals surface area contributed by atoms with Crippen LogP contribution in [-0.2, 0) is 0 Å². The number of amides is 1. The van der Waals surface area contributed by atoms with Crippen LogP contribution in [0.2, 0.25) is 0 Å². The molecule has 1 saturated carbocycles. The molecule has 0 saturated heterocycles. The van der Waals surface area contributed by atoms with Gasteiger partial charge in [0, 0.05) is 29.3 Å². The van der Waals surface area contributed by atoms with Gasteiger partial charge in [0.2, 0.25) is 0 Å². The summed E-state index contributed by atoms with van der Waals surface area (Å²) < 4.78 is 0. The van der Waals surface area contributed by atoms with Crippen molar-refractivity contribution in [3.63, 3.8) is 0 Å². The van der Waals surface area contributed by atoms with Crippen molar-refractivity contribution in [1.29, 1.82) is 0 Å². The number of aryl methyl sites for hydroxylation is 1. The van der Waals surface area contributed by atoms with Gasteiger partial charge in [-0.2, -0.15) is 5.10 Å². The predicted molar refractivity (Wildman–Crippen MR) is 82.6 cm³/mol. The van der Waals surface area contributed by atoms with Gasteiger partial charge in [-0.25, -0.2) is 5.43 Å². The fourth-order valence-electron chi connectivity index (χ4n) is 3.25. The van der Waals surface area contributed by atoms with Crippen molar-refractivity contribution in [3.8, 4) is 0 Å². The summed E-state index contributed by atoms with van der Waals surface area (Å²) in [6.07, 6.45) is 8.58. The van der Waals surface area contributed by atoms with E-state index in [9.17, 15) is 14.9 Å². The number of nitro benzene ring substituents is 1. The van der Waals surface area contributed by atoms with E-state index in [0.717, 1.165) is 6.42 Å². The van der Waals surface area contributed by atoms with Crippen LogP contribution in [-0.4, -0.2) is 17.0 Å². The zero-order valence-corrected chi connectivity index (χ0v) is 12.2. The third-order valence-electron chi connectivity index (χ3n) is 4.42. The quantitative estimate of drug-likeness (QED) is 0.401.